The number of rotatable bonds is 1. The van der Waals surface area contributed by atoms with Gasteiger partial charge in [0.15, 0.2) is 0 Å². The highest BCUT2D eigenvalue weighted by atomic mass is 16.5. The fraction of sp³-hybridized carbons (Fsp3) is 0.400. The Morgan fingerprint density at radius 2 is 2.29 bits per heavy atom. The van der Waals surface area contributed by atoms with Crippen LogP contribution in [0.2, 0.25) is 0 Å². The minimum absolute atomic E-state index is 0.0990. The zero-order chi connectivity index (χ0) is 10.1. The molecule has 1 aromatic carbocycles. The number of hydrogen-bond donors (Lipinski definition) is 3. The lowest BCUT2D eigenvalue weighted by molar-refractivity contribution is 0.252. The van der Waals surface area contributed by atoms with Crippen molar-refractivity contribution in [2.24, 2.45) is 5.73 Å². The van der Waals surface area contributed by atoms with E-state index in [1.807, 2.05) is 0 Å². The number of aromatic hydroxyl groups is 1. The Morgan fingerprint density at radius 3 is 3.00 bits per heavy atom. The van der Waals surface area contributed by atoms with Gasteiger partial charge in [0.1, 0.15) is 11.5 Å². The predicted octanol–water partition coefficient (Wildman–Crippen LogP) is 0.667. The first kappa shape index (κ1) is 9.30. The van der Waals surface area contributed by atoms with Gasteiger partial charge in [0.05, 0.1) is 13.2 Å². The Kier molecular flexibility index (Phi) is 2.31. The van der Waals surface area contributed by atoms with E-state index >= 15 is 0 Å². The largest absolute Gasteiger partial charge is 0.508 e. The maximum absolute atomic E-state index is 9.35. The molecule has 0 aliphatic carbocycles. The molecule has 0 saturated carbocycles. The molecule has 0 saturated heterocycles. The van der Waals surface area contributed by atoms with Crippen molar-refractivity contribution in [1.29, 1.82) is 0 Å². The van der Waals surface area contributed by atoms with Gasteiger partial charge >= 0.3 is 0 Å². The lowest BCUT2D eigenvalue weighted by Gasteiger charge is -2.25. The van der Waals surface area contributed by atoms with Crippen LogP contribution in [0, 0.1) is 0 Å². The first-order valence-corrected chi connectivity index (χ1v) is 4.57. The molecule has 4 heteroatoms. The van der Waals surface area contributed by atoms with Crippen LogP contribution in [0.15, 0.2) is 12.1 Å². The van der Waals surface area contributed by atoms with Crippen LogP contribution in [-0.2, 0) is 6.61 Å². The van der Waals surface area contributed by atoms with Gasteiger partial charge in [0.25, 0.3) is 0 Å². The van der Waals surface area contributed by atoms with Crippen LogP contribution >= 0.6 is 0 Å². The van der Waals surface area contributed by atoms with Gasteiger partial charge < -0.3 is 20.7 Å². The van der Waals surface area contributed by atoms with Gasteiger partial charge in [-0.05, 0) is 11.6 Å². The fourth-order valence-electron chi connectivity index (χ4n) is 1.78. The van der Waals surface area contributed by atoms with Gasteiger partial charge in [-0.2, -0.15) is 0 Å². The molecule has 0 radical (unpaired) electrons. The smallest absolute Gasteiger partial charge is 0.128 e. The second kappa shape index (κ2) is 3.48. The highest BCUT2D eigenvalue weighted by molar-refractivity contribution is 5.48. The molecule has 1 aromatic rings. The number of fused-ring (bicyclic) bond motifs is 1. The van der Waals surface area contributed by atoms with E-state index in [2.05, 4.69) is 0 Å². The van der Waals surface area contributed by atoms with Crippen LogP contribution in [-0.4, -0.2) is 16.8 Å². The lowest BCUT2D eigenvalue weighted by atomic mass is 9.96. The third kappa shape index (κ3) is 1.42. The van der Waals surface area contributed by atoms with E-state index in [4.69, 9.17) is 15.6 Å². The number of ether oxygens (including phenoxy) is 1. The van der Waals surface area contributed by atoms with E-state index < -0.39 is 0 Å². The molecule has 4 nitrogen and oxygen atoms in total. The second-order valence-corrected chi connectivity index (χ2v) is 3.42. The SMILES string of the molecule is N[C@@H]1CCOc2cc(O)cc(CO)c21. The summed E-state index contributed by atoms with van der Waals surface area (Å²) in [4.78, 5) is 0. The molecule has 0 bridgehead atoms. The van der Waals surface area contributed by atoms with E-state index in [-0.39, 0.29) is 18.4 Å². The molecule has 2 rings (SSSR count). The Bertz CT molecular complexity index is 334. The number of phenols is 1. The summed E-state index contributed by atoms with van der Waals surface area (Å²) in [6.45, 7) is 0.427. The first-order valence-electron chi connectivity index (χ1n) is 4.57. The quantitative estimate of drug-likeness (QED) is 0.615. The summed E-state index contributed by atoms with van der Waals surface area (Å²) < 4.78 is 5.37. The van der Waals surface area contributed by atoms with Crippen LogP contribution in [0.4, 0.5) is 0 Å². The van der Waals surface area contributed by atoms with Crippen molar-refractivity contribution in [3.8, 4) is 11.5 Å². The number of phenolic OH excluding ortho intramolecular Hbond substituents is 1. The third-order valence-corrected chi connectivity index (χ3v) is 2.44. The molecule has 0 amide bonds. The van der Waals surface area contributed by atoms with Gasteiger partial charge in [-0.3, -0.25) is 0 Å². The summed E-state index contributed by atoms with van der Waals surface area (Å²) in [6.07, 6.45) is 0.741. The minimum atomic E-state index is -0.131. The summed E-state index contributed by atoms with van der Waals surface area (Å²) in [5.74, 6) is 0.690. The molecule has 4 N–H and O–H groups in total. The number of hydrogen-bond acceptors (Lipinski definition) is 4. The van der Waals surface area contributed by atoms with Crippen LogP contribution in [0.3, 0.4) is 0 Å². The molecule has 0 aromatic heterocycles. The van der Waals surface area contributed by atoms with Crippen LogP contribution < -0.4 is 10.5 Å². The molecular weight excluding hydrogens is 182 g/mol. The molecule has 0 spiro atoms. The number of aliphatic hydroxyl groups excluding tert-OH is 1. The van der Waals surface area contributed by atoms with Crippen molar-refractivity contribution in [2.75, 3.05) is 6.61 Å². The topological polar surface area (TPSA) is 75.7 Å². The fourth-order valence-corrected chi connectivity index (χ4v) is 1.78. The molecule has 0 unspecified atom stereocenters. The monoisotopic (exact) mass is 195 g/mol. The van der Waals surface area contributed by atoms with Crippen LogP contribution in [0.25, 0.3) is 0 Å². The predicted molar refractivity (Wildman–Crippen MR) is 51.1 cm³/mol. The van der Waals surface area contributed by atoms with Crippen molar-refractivity contribution >= 4 is 0 Å². The summed E-state index contributed by atoms with van der Waals surface area (Å²) in [6, 6.07) is 2.95. The van der Waals surface area contributed by atoms with Gasteiger partial charge in [0.2, 0.25) is 0 Å². The number of benzene rings is 1. The average Bonchev–Trinajstić information content (AvgIpc) is 2.16. The Morgan fingerprint density at radius 1 is 1.50 bits per heavy atom. The van der Waals surface area contributed by atoms with Crippen molar-refractivity contribution in [3.63, 3.8) is 0 Å². The van der Waals surface area contributed by atoms with Gasteiger partial charge in [0, 0.05) is 24.1 Å². The number of aliphatic hydroxyl groups is 1. The maximum atomic E-state index is 9.35. The summed E-state index contributed by atoms with van der Waals surface area (Å²) in [7, 11) is 0. The minimum Gasteiger partial charge on any atom is -0.508 e. The normalized spacial score (nSPS) is 20.0. The summed E-state index contributed by atoms with van der Waals surface area (Å²) in [5, 5.41) is 18.5. The van der Waals surface area contributed by atoms with Crippen molar-refractivity contribution < 1.29 is 14.9 Å². The molecular formula is C10H13NO3. The lowest BCUT2D eigenvalue weighted by Crippen LogP contribution is -2.22. The van der Waals surface area contributed by atoms with Gasteiger partial charge in [-0.25, -0.2) is 0 Å². The Hall–Kier alpha value is -1.26. The highest BCUT2D eigenvalue weighted by Gasteiger charge is 2.22. The molecule has 76 valence electrons. The van der Waals surface area contributed by atoms with E-state index in [0.29, 0.717) is 17.9 Å². The standard InChI is InChI=1S/C10H13NO3/c11-8-1-2-14-9-4-7(13)3-6(5-12)10(8)9/h3-4,8,12-13H,1-2,5,11H2/t8-/m1/s1. The van der Waals surface area contributed by atoms with E-state index in [9.17, 15) is 5.11 Å². The number of nitrogens with two attached hydrogens (primary N) is 1. The summed E-state index contributed by atoms with van der Waals surface area (Å²) >= 11 is 0. The van der Waals surface area contributed by atoms with E-state index in [0.717, 1.165) is 12.0 Å². The van der Waals surface area contributed by atoms with Gasteiger partial charge in [-0.1, -0.05) is 0 Å². The maximum Gasteiger partial charge on any atom is 0.128 e. The molecule has 1 heterocycles. The average molecular weight is 195 g/mol. The Balaban J connectivity index is 2.55. The first-order chi connectivity index (χ1) is 6.72. The zero-order valence-electron chi connectivity index (χ0n) is 7.73. The van der Waals surface area contributed by atoms with E-state index in [1.165, 1.54) is 12.1 Å². The van der Waals surface area contributed by atoms with Crippen molar-refractivity contribution in [2.45, 2.75) is 19.1 Å². The highest BCUT2D eigenvalue weighted by Crippen LogP contribution is 2.36. The molecule has 1 aliphatic heterocycles. The van der Waals surface area contributed by atoms with Gasteiger partial charge in [-0.15, -0.1) is 0 Å². The van der Waals surface area contributed by atoms with Crippen LogP contribution in [0.1, 0.15) is 23.6 Å². The van der Waals surface area contributed by atoms with Crippen molar-refractivity contribution in [3.05, 3.63) is 23.3 Å². The zero-order valence-corrected chi connectivity index (χ0v) is 7.73. The molecule has 14 heavy (non-hydrogen) atoms. The van der Waals surface area contributed by atoms with E-state index in [1.54, 1.807) is 0 Å². The molecule has 1 aliphatic rings. The second-order valence-electron chi connectivity index (χ2n) is 3.42. The molecule has 1 atom stereocenters. The Labute approximate surface area is 81.9 Å². The third-order valence-electron chi connectivity index (χ3n) is 2.44. The molecule has 0 fully saturated rings. The van der Waals surface area contributed by atoms with Crippen LogP contribution in [0.5, 0.6) is 11.5 Å². The summed E-state index contributed by atoms with van der Waals surface area (Å²) in [5.41, 5.74) is 7.36. The van der Waals surface area contributed by atoms with Crippen molar-refractivity contribution in [1.82, 2.24) is 0 Å².